The number of hydrogen-bond donors (Lipinski definition) is 0. The van der Waals surface area contributed by atoms with Crippen LogP contribution in [0.1, 0.15) is 36.7 Å². The van der Waals surface area contributed by atoms with Crippen molar-refractivity contribution in [3.05, 3.63) is 94.8 Å². The van der Waals surface area contributed by atoms with Crippen molar-refractivity contribution in [2.24, 2.45) is 0 Å². The third-order valence-corrected chi connectivity index (χ3v) is 6.75. The molecule has 0 atom stereocenters. The number of carbonyl (C=O) groups excluding carboxylic acids is 1. The lowest BCUT2D eigenvalue weighted by Crippen LogP contribution is -2.46. The summed E-state index contributed by atoms with van der Waals surface area (Å²) < 4.78 is 41.6. The van der Waals surface area contributed by atoms with Gasteiger partial charge >= 0.3 is 0 Å². The number of anilines is 1. The van der Waals surface area contributed by atoms with Crippen LogP contribution in [0.25, 0.3) is 0 Å². The Kier molecular flexibility index (Phi) is 6.01. The van der Waals surface area contributed by atoms with Gasteiger partial charge in [-0.05, 0) is 75.4 Å². The molecule has 3 aromatic carbocycles. The largest absolute Gasteiger partial charge is 0.289 e. The number of ketones is 1. The second-order valence-electron chi connectivity index (χ2n) is 7.75. The number of benzene rings is 3. The summed E-state index contributed by atoms with van der Waals surface area (Å²) in [5.41, 5.74) is -0.347. The Morgan fingerprint density at radius 1 is 0.933 bits per heavy atom. The molecule has 0 N–H and O–H groups in total. The SMILES string of the molecule is CC(C)(C)N(c1ccc(Cl)cc1C(=O)c1ccc(F)cc1)S(=O)(=O)c1ccccc1. The highest BCUT2D eigenvalue weighted by molar-refractivity contribution is 7.93. The van der Waals surface area contributed by atoms with Crippen LogP contribution < -0.4 is 4.31 Å². The minimum Gasteiger partial charge on any atom is -0.289 e. The predicted molar refractivity (Wildman–Crippen MR) is 117 cm³/mol. The molecular weight excluding hydrogens is 425 g/mol. The summed E-state index contributed by atoms with van der Waals surface area (Å²) in [4.78, 5) is 13.3. The van der Waals surface area contributed by atoms with Gasteiger partial charge in [-0.25, -0.2) is 12.8 Å². The fourth-order valence-corrected chi connectivity index (χ4v) is 5.20. The Morgan fingerprint density at radius 2 is 1.53 bits per heavy atom. The van der Waals surface area contributed by atoms with E-state index in [2.05, 4.69) is 0 Å². The Morgan fingerprint density at radius 3 is 2.10 bits per heavy atom. The van der Waals surface area contributed by atoms with E-state index < -0.39 is 27.2 Å². The van der Waals surface area contributed by atoms with E-state index in [1.54, 1.807) is 39.0 Å². The molecule has 0 spiro atoms. The molecule has 30 heavy (non-hydrogen) atoms. The molecule has 0 radical (unpaired) electrons. The molecule has 4 nitrogen and oxygen atoms in total. The average Bonchev–Trinajstić information content (AvgIpc) is 2.69. The molecule has 0 heterocycles. The van der Waals surface area contributed by atoms with Crippen molar-refractivity contribution in [3.8, 4) is 0 Å². The maximum atomic E-state index is 13.6. The van der Waals surface area contributed by atoms with E-state index in [1.165, 1.54) is 58.9 Å². The molecule has 0 amide bonds. The topological polar surface area (TPSA) is 54.5 Å². The molecule has 0 aromatic heterocycles. The van der Waals surface area contributed by atoms with Gasteiger partial charge in [0.25, 0.3) is 10.0 Å². The van der Waals surface area contributed by atoms with Gasteiger partial charge in [0.05, 0.1) is 10.6 Å². The fraction of sp³-hybridized carbons (Fsp3) is 0.174. The van der Waals surface area contributed by atoms with Crippen molar-refractivity contribution in [1.82, 2.24) is 0 Å². The van der Waals surface area contributed by atoms with E-state index in [9.17, 15) is 17.6 Å². The highest BCUT2D eigenvalue weighted by atomic mass is 35.5. The molecule has 3 rings (SSSR count). The van der Waals surface area contributed by atoms with E-state index in [1.807, 2.05) is 0 Å². The van der Waals surface area contributed by atoms with Gasteiger partial charge in [0.2, 0.25) is 0 Å². The van der Waals surface area contributed by atoms with E-state index in [4.69, 9.17) is 11.6 Å². The minimum absolute atomic E-state index is 0.107. The lowest BCUT2D eigenvalue weighted by Gasteiger charge is -2.37. The van der Waals surface area contributed by atoms with Crippen LogP contribution in [0.4, 0.5) is 10.1 Å². The van der Waals surface area contributed by atoms with Crippen molar-refractivity contribution in [2.75, 3.05) is 4.31 Å². The van der Waals surface area contributed by atoms with Crippen LogP contribution in [0.2, 0.25) is 5.02 Å². The number of sulfonamides is 1. The summed E-state index contributed by atoms with van der Waals surface area (Å²) in [6.45, 7) is 5.23. The summed E-state index contributed by atoms with van der Waals surface area (Å²) in [6, 6.07) is 17.6. The summed E-state index contributed by atoms with van der Waals surface area (Å²) in [6.07, 6.45) is 0. The molecular formula is C23H21ClFNO3S. The van der Waals surface area contributed by atoms with E-state index in [0.717, 1.165) is 0 Å². The van der Waals surface area contributed by atoms with Crippen molar-refractivity contribution in [3.63, 3.8) is 0 Å². The fourth-order valence-electron chi connectivity index (χ4n) is 3.17. The van der Waals surface area contributed by atoms with Gasteiger partial charge in [-0.2, -0.15) is 0 Å². The molecule has 0 saturated carbocycles. The second-order valence-corrected chi connectivity index (χ2v) is 9.97. The Labute approximate surface area is 181 Å². The van der Waals surface area contributed by atoms with Crippen LogP contribution in [0.3, 0.4) is 0 Å². The van der Waals surface area contributed by atoms with Crippen LogP contribution in [0, 0.1) is 5.82 Å². The number of halogens is 2. The van der Waals surface area contributed by atoms with Gasteiger partial charge in [-0.1, -0.05) is 29.8 Å². The number of nitrogens with zero attached hydrogens (tertiary/aromatic N) is 1. The highest BCUT2D eigenvalue weighted by Gasteiger charge is 2.36. The third kappa shape index (κ3) is 4.40. The molecule has 3 aromatic rings. The Hall–Kier alpha value is -2.70. The zero-order valence-corrected chi connectivity index (χ0v) is 18.3. The molecule has 7 heteroatoms. The van der Waals surface area contributed by atoms with Crippen molar-refractivity contribution >= 4 is 33.1 Å². The highest BCUT2D eigenvalue weighted by Crippen LogP contribution is 2.36. The minimum atomic E-state index is -3.99. The maximum absolute atomic E-state index is 13.6. The van der Waals surface area contributed by atoms with E-state index in [-0.39, 0.29) is 26.7 Å². The van der Waals surface area contributed by atoms with Crippen LogP contribution in [0.15, 0.2) is 77.7 Å². The van der Waals surface area contributed by atoms with Gasteiger partial charge < -0.3 is 0 Å². The maximum Gasteiger partial charge on any atom is 0.264 e. The van der Waals surface area contributed by atoms with Crippen LogP contribution in [-0.2, 0) is 10.0 Å². The van der Waals surface area contributed by atoms with Gasteiger partial charge in [0.1, 0.15) is 5.82 Å². The summed E-state index contributed by atoms with van der Waals surface area (Å²) >= 11 is 6.14. The Bertz CT molecular complexity index is 1170. The predicted octanol–water partition coefficient (Wildman–Crippen LogP) is 5.70. The number of rotatable bonds is 5. The first-order valence-electron chi connectivity index (χ1n) is 9.22. The lowest BCUT2D eigenvalue weighted by atomic mass is 9.99. The van der Waals surface area contributed by atoms with Gasteiger partial charge in [0, 0.05) is 21.7 Å². The number of carbonyl (C=O) groups is 1. The first-order valence-corrected chi connectivity index (χ1v) is 11.0. The van der Waals surface area contributed by atoms with Gasteiger partial charge in [0.15, 0.2) is 5.78 Å². The summed E-state index contributed by atoms with van der Waals surface area (Å²) in [5.74, 6) is -0.925. The molecule has 0 fully saturated rings. The first-order chi connectivity index (χ1) is 14.0. The number of hydrogen-bond acceptors (Lipinski definition) is 3. The molecule has 0 aliphatic heterocycles. The molecule has 0 saturated heterocycles. The van der Waals surface area contributed by atoms with Crippen molar-refractivity contribution < 1.29 is 17.6 Å². The quantitative estimate of drug-likeness (QED) is 0.473. The van der Waals surface area contributed by atoms with Gasteiger partial charge in [-0.15, -0.1) is 0 Å². The van der Waals surface area contributed by atoms with Gasteiger partial charge in [-0.3, -0.25) is 9.10 Å². The lowest BCUT2D eigenvalue weighted by molar-refractivity contribution is 0.103. The monoisotopic (exact) mass is 445 g/mol. The second kappa shape index (κ2) is 8.20. The molecule has 156 valence electrons. The first kappa shape index (κ1) is 22.0. The van der Waals surface area contributed by atoms with E-state index >= 15 is 0 Å². The molecule has 0 unspecified atom stereocenters. The zero-order chi connectivity index (χ0) is 22.1. The smallest absolute Gasteiger partial charge is 0.264 e. The molecule has 0 aliphatic carbocycles. The standard InChI is InChI=1S/C23H21ClFNO3S/c1-23(2,3)26(30(28,29)19-7-5-4-6-8-19)21-14-11-17(24)15-20(21)22(27)16-9-12-18(25)13-10-16/h4-15H,1-3H3. The van der Waals surface area contributed by atoms with Crippen molar-refractivity contribution in [2.45, 2.75) is 31.2 Å². The van der Waals surface area contributed by atoms with Crippen molar-refractivity contribution in [1.29, 1.82) is 0 Å². The summed E-state index contributed by atoms with van der Waals surface area (Å²) in [5, 5.41) is 0.287. The van der Waals surface area contributed by atoms with E-state index in [0.29, 0.717) is 0 Å². The average molecular weight is 446 g/mol. The van der Waals surface area contributed by atoms with Crippen LogP contribution >= 0.6 is 11.6 Å². The van der Waals surface area contributed by atoms with Crippen LogP contribution in [0.5, 0.6) is 0 Å². The third-order valence-electron chi connectivity index (χ3n) is 4.42. The van der Waals surface area contributed by atoms with Crippen LogP contribution in [-0.4, -0.2) is 19.7 Å². The Balaban J connectivity index is 2.23. The normalized spacial score (nSPS) is 11.9. The summed E-state index contributed by atoms with van der Waals surface area (Å²) in [7, 11) is -3.99. The zero-order valence-electron chi connectivity index (χ0n) is 16.8. The molecule has 0 aliphatic rings. The molecule has 0 bridgehead atoms.